The number of hydrogen-bond donors (Lipinski definition) is 1. The van der Waals surface area contributed by atoms with E-state index in [9.17, 15) is 17.9 Å². The highest BCUT2D eigenvalue weighted by Gasteiger charge is 2.50. The molecule has 6 nitrogen and oxygen atoms in total. The number of methoxy groups -OCH3 is 1. The van der Waals surface area contributed by atoms with Crippen molar-refractivity contribution in [3.8, 4) is 16.9 Å². The van der Waals surface area contributed by atoms with Crippen molar-refractivity contribution in [2.75, 3.05) is 32.2 Å². The summed E-state index contributed by atoms with van der Waals surface area (Å²) in [5, 5.41) is 10.2. The smallest absolute Gasteiger partial charge is 0.243 e. The number of benzene rings is 3. The van der Waals surface area contributed by atoms with Gasteiger partial charge in [-0.25, -0.2) is 12.8 Å². The van der Waals surface area contributed by atoms with Gasteiger partial charge in [-0.1, -0.05) is 18.2 Å². The lowest BCUT2D eigenvalue weighted by molar-refractivity contribution is 0.193. The van der Waals surface area contributed by atoms with Gasteiger partial charge >= 0.3 is 0 Å². The molecule has 3 aromatic carbocycles. The van der Waals surface area contributed by atoms with Gasteiger partial charge in [-0.2, -0.15) is 4.31 Å². The van der Waals surface area contributed by atoms with Crippen LogP contribution in [0.15, 0.2) is 71.6 Å². The van der Waals surface area contributed by atoms with E-state index in [0.29, 0.717) is 13.0 Å². The fraction of sp³-hybridized carbons (Fsp3) is 0.308. The first-order valence-corrected chi connectivity index (χ1v) is 12.7. The Kier molecular flexibility index (Phi) is 5.83. The fourth-order valence-corrected chi connectivity index (χ4v) is 7.05. The van der Waals surface area contributed by atoms with E-state index in [2.05, 4.69) is 11.0 Å². The van der Waals surface area contributed by atoms with Gasteiger partial charge in [0.05, 0.1) is 30.7 Å². The predicted octanol–water partition coefficient (Wildman–Crippen LogP) is 4.06. The second kappa shape index (κ2) is 8.69. The molecule has 0 unspecified atom stereocenters. The van der Waals surface area contributed by atoms with E-state index in [1.165, 1.54) is 28.6 Å². The molecule has 3 atom stereocenters. The number of rotatable bonds is 5. The van der Waals surface area contributed by atoms with E-state index in [1.54, 1.807) is 7.11 Å². The Morgan fingerprint density at radius 2 is 1.71 bits per heavy atom. The van der Waals surface area contributed by atoms with E-state index in [0.717, 1.165) is 28.1 Å². The van der Waals surface area contributed by atoms with Crippen LogP contribution in [0.3, 0.4) is 0 Å². The molecular formula is C26H27FN2O4S. The van der Waals surface area contributed by atoms with Crippen LogP contribution in [-0.2, 0) is 10.0 Å². The highest BCUT2D eigenvalue weighted by molar-refractivity contribution is 7.89. The largest absolute Gasteiger partial charge is 0.497 e. The number of anilines is 1. The van der Waals surface area contributed by atoms with E-state index in [1.807, 2.05) is 43.4 Å². The molecule has 0 aliphatic carbocycles. The maximum Gasteiger partial charge on any atom is 0.243 e. The summed E-state index contributed by atoms with van der Waals surface area (Å²) >= 11 is 0. The molecule has 8 heteroatoms. The molecule has 2 aliphatic heterocycles. The number of likely N-dealkylation sites (N-methyl/N-ethyl adjacent to an activating group) is 1. The topological polar surface area (TPSA) is 70.1 Å². The summed E-state index contributed by atoms with van der Waals surface area (Å²) in [7, 11) is -0.287. The molecule has 2 aliphatic rings. The van der Waals surface area contributed by atoms with Crippen LogP contribution in [0, 0.1) is 11.7 Å². The summed E-state index contributed by atoms with van der Waals surface area (Å²) in [5.41, 5.74) is 3.78. The molecule has 0 spiro atoms. The first kappa shape index (κ1) is 22.8. The second-order valence-electron chi connectivity index (χ2n) is 8.83. The third kappa shape index (κ3) is 3.66. The van der Waals surface area contributed by atoms with Crippen molar-refractivity contribution >= 4 is 15.7 Å². The van der Waals surface area contributed by atoms with Crippen molar-refractivity contribution in [3.63, 3.8) is 0 Å². The van der Waals surface area contributed by atoms with Crippen molar-refractivity contribution in [2.24, 2.45) is 5.92 Å². The van der Waals surface area contributed by atoms with Crippen LogP contribution in [0.1, 0.15) is 18.0 Å². The molecule has 1 saturated heterocycles. The zero-order valence-corrected chi connectivity index (χ0v) is 19.9. The number of hydrogen-bond acceptors (Lipinski definition) is 5. The molecule has 0 saturated carbocycles. The highest BCUT2D eigenvalue weighted by atomic mass is 32.2. The third-order valence-corrected chi connectivity index (χ3v) is 9.04. The zero-order chi connectivity index (χ0) is 24.0. The van der Waals surface area contributed by atoms with Crippen LogP contribution in [-0.4, -0.2) is 51.2 Å². The van der Waals surface area contributed by atoms with E-state index in [4.69, 9.17) is 4.74 Å². The monoisotopic (exact) mass is 482 g/mol. The summed E-state index contributed by atoms with van der Waals surface area (Å²) in [6.07, 6.45) is 0.632. The second-order valence-corrected chi connectivity index (χ2v) is 10.7. The molecule has 34 heavy (non-hydrogen) atoms. The molecule has 1 N–H and O–H groups in total. The average Bonchev–Trinajstić information content (AvgIpc) is 3.30. The Morgan fingerprint density at radius 3 is 2.35 bits per heavy atom. The maximum absolute atomic E-state index is 13.6. The molecule has 0 radical (unpaired) electrons. The van der Waals surface area contributed by atoms with Crippen molar-refractivity contribution in [1.82, 2.24) is 4.31 Å². The minimum atomic E-state index is -3.85. The van der Waals surface area contributed by atoms with E-state index >= 15 is 0 Å². The van der Waals surface area contributed by atoms with Crippen LogP contribution in [0.5, 0.6) is 5.75 Å². The van der Waals surface area contributed by atoms with Gasteiger partial charge in [0, 0.05) is 25.2 Å². The molecule has 0 amide bonds. The lowest BCUT2D eigenvalue weighted by atomic mass is 9.81. The Labute approximate surface area is 199 Å². The molecule has 3 aromatic rings. The van der Waals surface area contributed by atoms with Crippen LogP contribution in [0.4, 0.5) is 10.1 Å². The Hall–Kier alpha value is -2.94. The lowest BCUT2D eigenvalue weighted by Gasteiger charge is -2.44. The van der Waals surface area contributed by atoms with Crippen LogP contribution >= 0.6 is 0 Å². The predicted molar refractivity (Wildman–Crippen MR) is 129 cm³/mol. The number of halogens is 1. The average molecular weight is 483 g/mol. The van der Waals surface area contributed by atoms with E-state index < -0.39 is 21.9 Å². The highest BCUT2D eigenvalue weighted by Crippen LogP contribution is 2.51. The molecule has 0 aromatic heterocycles. The molecule has 178 valence electrons. The fourth-order valence-electron chi connectivity index (χ4n) is 5.39. The standard InChI is InChI=1S/C26H27FN2O4S/c1-28-24-12-5-18(17-3-8-20(33-2)9-4-17)15-23(24)26-22(25(28)16-30)13-14-29(26)34(31,32)21-10-6-19(27)7-11-21/h3-12,15,22,25-26,30H,13-14,16H2,1-2H3/t22-,25+,26-/m0/s1. The Morgan fingerprint density at radius 1 is 1.03 bits per heavy atom. The number of aliphatic hydroxyl groups is 1. The first-order chi connectivity index (χ1) is 16.3. The summed E-state index contributed by atoms with van der Waals surface area (Å²) < 4.78 is 47.5. The number of sulfonamides is 1. The Balaban J connectivity index is 1.62. The van der Waals surface area contributed by atoms with Crippen molar-refractivity contribution in [3.05, 3.63) is 78.1 Å². The van der Waals surface area contributed by atoms with Gasteiger partial charge in [0.15, 0.2) is 0 Å². The minimum Gasteiger partial charge on any atom is -0.497 e. The normalized spacial score (nSPS) is 22.4. The van der Waals surface area contributed by atoms with Gasteiger partial charge in [0.1, 0.15) is 11.6 Å². The van der Waals surface area contributed by atoms with Crippen molar-refractivity contribution in [1.29, 1.82) is 0 Å². The van der Waals surface area contributed by atoms with Gasteiger partial charge in [-0.15, -0.1) is 0 Å². The first-order valence-electron chi connectivity index (χ1n) is 11.2. The van der Waals surface area contributed by atoms with Crippen LogP contribution < -0.4 is 9.64 Å². The van der Waals surface area contributed by atoms with Gasteiger partial charge in [0.2, 0.25) is 10.0 Å². The third-order valence-electron chi connectivity index (χ3n) is 7.15. The van der Waals surface area contributed by atoms with Gasteiger partial charge in [-0.3, -0.25) is 0 Å². The Bertz CT molecular complexity index is 1300. The minimum absolute atomic E-state index is 0.0659. The van der Waals surface area contributed by atoms with Gasteiger partial charge < -0.3 is 14.7 Å². The summed E-state index contributed by atoms with van der Waals surface area (Å²) in [5.74, 6) is 0.218. The SMILES string of the molecule is COc1ccc(-c2ccc3c(c2)[C@@H]2[C@@H](CCN2S(=O)(=O)c2ccc(F)cc2)[C@@H](CO)N3C)cc1. The molecule has 2 heterocycles. The number of fused-ring (bicyclic) bond motifs is 3. The van der Waals surface area contributed by atoms with Crippen molar-refractivity contribution < 1.29 is 22.7 Å². The molecule has 1 fully saturated rings. The summed E-state index contributed by atoms with van der Waals surface area (Å²) in [6, 6.07) is 18.1. The maximum atomic E-state index is 13.6. The number of nitrogens with zero attached hydrogens (tertiary/aromatic N) is 2. The zero-order valence-electron chi connectivity index (χ0n) is 19.1. The van der Waals surface area contributed by atoms with Gasteiger partial charge in [-0.05, 0) is 71.6 Å². The van der Waals surface area contributed by atoms with Crippen LogP contribution in [0.25, 0.3) is 11.1 Å². The summed E-state index contributed by atoms with van der Waals surface area (Å²) in [4.78, 5) is 2.13. The molecule has 5 rings (SSSR count). The lowest BCUT2D eigenvalue weighted by Crippen LogP contribution is -2.48. The van der Waals surface area contributed by atoms with E-state index in [-0.39, 0.29) is 23.5 Å². The number of ether oxygens (including phenoxy) is 1. The van der Waals surface area contributed by atoms with Crippen molar-refractivity contribution in [2.45, 2.75) is 23.4 Å². The molecular weight excluding hydrogens is 455 g/mol. The van der Waals surface area contributed by atoms with Gasteiger partial charge in [0.25, 0.3) is 0 Å². The van der Waals surface area contributed by atoms with Crippen LogP contribution in [0.2, 0.25) is 0 Å². The summed E-state index contributed by atoms with van der Waals surface area (Å²) in [6.45, 7) is 0.271. The molecule has 0 bridgehead atoms. The number of aliphatic hydroxyl groups excluding tert-OH is 1. The quantitative estimate of drug-likeness (QED) is 0.594.